The third-order valence-electron chi connectivity index (χ3n) is 5.12. The summed E-state index contributed by atoms with van der Waals surface area (Å²) in [6.07, 6.45) is 4.46. The summed E-state index contributed by atoms with van der Waals surface area (Å²) >= 11 is 0. The van der Waals surface area contributed by atoms with E-state index in [4.69, 9.17) is 4.74 Å². The molecule has 150 valence electrons. The molecule has 2 N–H and O–H groups in total. The zero-order chi connectivity index (χ0) is 20.1. The molecule has 0 bridgehead atoms. The van der Waals surface area contributed by atoms with Crippen LogP contribution in [0.4, 0.5) is 10.5 Å². The summed E-state index contributed by atoms with van der Waals surface area (Å²) in [7, 11) is 3.43. The molecule has 28 heavy (non-hydrogen) atoms. The molecule has 1 aliphatic rings. The summed E-state index contributed by atoms with van der Waals surface area (Å²) in [5.41, 5.74) is 1.81. The van der Waals surface area contributed by atoms with E-state index in [9.17, 15) is 9.59 Å². The molecule has 0 radical (unpaired) electrons. The fraction of sp³-hybridized carbons (Fsp3) is 0.450. The van der Waals surface area contributed by atoms with Crippen LogP contribution in [-0.4, -0.2) is 58.7 Å². The Kier molecular flexibility index (Phi) is 5.99. The van der Waals surface area contributed by atoms with Crippen molar-refractivity contribution in [3.63, 3.8) is 0 Å². The van der Waals surface area contributed by atoms with E-state index < -0.39 is 5.54 Å². The van der Waals surface area contributed by atoms with E-state index in [2.05, 4.69) is 15.6 Å². The first-order valence-corrected chi connectivity index (χ1v) is 9.33. The second-order valence-electron chi connectivity index (χ2n) is 7.34. The maximum absolute atomic E-state index is 12.8. The van der Waals surface area contributed by atoms with Gasteiger partial charge in [-0.2, -0.15) is 0 Å². The number of aromatic nitrogens is 2. The van der Waals surface area contributed by atoms with Gasteiger partial charge in [-0.05, 0) is 37.5 Å². The molecule has 3 amide bonds. The average molecular weight is 385 g/mol. The smallest absolute Gasteiger partial charge is 0.319 e. The number of hydrogen-bond acceptors (Lipinski definition) is 4. The molecule has 2 aromatic rings. The Morgan fingerprint density at radius 3 is 2.86 bits per heavy atom. The number of ether oxygens (including phenoxy) is 1. The highest BCUT2D eigenvalue weighted by Crippen LogP contribution is 2.27. The number of benzene rings is 1. The lowest BCUT2D eigenvalue weighted by Gasteiger charge is -2.30. The van der Waals surface area contributed by atoms with Gasteiger partial charge in [0.15, 0.2) is 0 Å². The highest BCUT2D eigenvalue weighted by atomic mass is 16.5. The molecule has 3 rings (SSSR count). The van der Waals surface area contributed by atoms with Gasteiger partial charge in [-0.15, -0.1) is 0 Å². The van der Waals surface area contributed by atoms with Gasteiger partial charge in [-0.3, -0.25) is 4.79 Å². The molecule has 1 aromatic heterocycles. The summed E-state index contributed by atoms with van der Waals surface area (Å²) < 4.78 is 6.95. The third-order valence-corrected chi connectivity index (χ3v) is 5.12. The fourth-order valence-electron chi connectivity index (χ4n) is 3.56. The Balaban J connectivity index is 1.69. The summed E-state index contributed by atoms with van der Waals surface area (Å²) in [6, 6.07) is 7.35. The van der Waals surface area contributed by atoms with Crippen molar-refractivity contribution >= 4 is 17.6 Å². The van der Waals surface area contributed by atoms with Crippen LogP contribution in [0.2, 0.25) is 0 Å². The summed E-state index contributed by atoms with van der Waals surface area (Å²) in [6.45, 7) is 3.47. The van der Waals surface area contributed by atoms with E-state index in [1.54, 1.807) is 36.1 Å². The molecule has 1 fully saturated rings. The Morgan fingerprint density at radius 2 is 2.18 bits per heavy atom. The molecule has 1 aromatic carbocycles. The Bertz CT molecular complexity index is 850. The maximum Gasteiger partial charge on any atom is 0.319 e. The Morgan fingerprint density at radius 1 is 1.36 bits per heavy atom. The largest absolute Gasteiger partial charge is 0.385 e. The lowest BCUT2D eigenvalue weighted by Crippen LogP contribution is -2.53. The second kappa shape index (κ2) is 8.43. The van der Waals surface area contributed by atoms with Crippen molar-refractivity contribution in [3.05, 3.63) is 48.0 Å². The Hall–Kier alpha value is -2.87. The van der Waals surface area contributed by atoms with Gasteiger partial charge < -0.3 is 24.8 Å². The normalized spacial score (nSPS) is 18.9. The second-order valence-corrected chi connectivity index (χ2v) is 7.34. The van der Waals surface area contributed by atoms with E-state index >= 15 is 0 Å². The van der Waals surface area contributed by atoms with E-state index in [1.807, 2.05) is 31.2 Å². The van der Waals surface area contributed by atoms with Crippen LogP contribution in [0.3, 0.4) is 0 Å². The predicted molar refractivity (Wildman–Crippen MR) is 106 cm³/mol. The number of rotatable bonds is 6. The van der Waals surface area contributed by atoms with Gasteiger partial charge in [0.25, 0.3) is 5.91 Å². The number of nitrogens with one attached hydrogen (secondary N) is 2. The van der Waals surface area contributed by atoms with Crippen molar-refractivity contribution in [3.8, 4) is 0 Å². The maximum atomic E-state index is 12.8. The molecule has 2 heterocycles. The first-order chi connectivity index (χ1) is 13.4. The number of carbonyl (C=O) groups is 2. The van der Waals surface area contributed by atoms with Crippen LogP contribution in [0.15, 0.2) is 36.8 Å². The van der Waals surface area contributed by atoms with Gasteiger partial charge in [-0.25, -0.2) is 9.78 Å². The number of urea groups is 1. The van der Waals surface area contributed by atoms with Gasteiger partial charge in [0.05, 0.1) is 18.1 Å². The van der Waals surface area contributed by atoms with Gasteiger partial charge in [0, 0.05) is 39.5 Å². The predicted octanol–water partition coefficient (Wildman–Crippen LogP) is 2.17. The number of methoxy groups -OCH3 is 1. The minimum atomic E-state index is -0.530. The first-order valence-electron chi connectivity index (χ1n) is 9.33. The van der Waals surface area contributed by atoms with E-state index in [0.29, 0.717) is 38.2 Å². The summed E-state index contributed by atoms with van der Waals surface area (Å²) in [5, 5.41) is 5.98. The molecule has 1 aliphatic heterocycles. The lowest BCUT2D eigenvalue weighted by molar-refractivity contribution is 0.0763. The van der Waals surface area contributed by atoms with Crippen LogP contribution in [0, 0.1) is 6.92 Å². The highest BCUT2D eigenvalue weighted by Gasteiger charge is 2.41. The minimum absolute atomic E-state index is 0.0832. The van der Waals surface area contributed by atoms with E-state index in [1.165, 1.54) is 0 Å². The quantitative estimate of drug-likeness (QED) is 0.798. The van der Waals surface area contributed by atoms with Gasteiger partial charge in [0.2, 0.25) is 0 Å². The zero-order valence-electron chi connectivity index (χ0n) is 16.6. The standard InChI is InChI=1S/C20H27N5O3/c1-15-5-4-6-16(11-15)22-19(27)23-20(8-10-28-3)7-9-25(13-20)18(26)17-12-21-14-24(17)2/h4-6,11-12,14H,7-10,13H2,1-3H3,(H2,22,23,27). The molecule has 1 atom stereocenters. The van der Waals surface area contributed by atoms with Crippen LogP contribution in [0.25, 0.3) is 0 Å². The number of hydrogen-bond donors (Lipinski definition) is 2. The van der Waals surface area contributed by atoms with Crippen molar-refractivity contribution in [2.75, 3.05) is 32.1 Å². The minimum Gasteiger partial charge on any atom is -0.385 e. The third kappa shape index (κ3) is 4.51. The van der Waals surface area contributed by atoms with Crippen LogP contribution in [-0.2, 0) is 11.8 Å². The van der Waals surface area contributed by atoms with Crippen LogP contribution >= 0.6 is 0 Å². The van der Waals surface area contributed by atoms with Gasteiger partial charge in [0.1, 0.15) is 5.69 Å². The van der Waals surface area contributed by atoms with Gasteiger partial charge >= 0.3 is 6.03 Å². The molecular weight excluding hydrogens is 358 g/mol. The number of amides is 3. The number of carbonyl (C=O) groups excluding carboxylic acids is 2. The number of imidazole rings is 1. The molecule has 8 heteroatoms. The summed E-state index contributed by atoms with van der Waals surface area (Å²) in [4.78, 5) is 31.2. The van der Waals surface area contributed by atoms with Crippen molar-refractivity contribution in [1.29, 1.82) is 0 Å². The van der Waals surface area contributed by atoms with E-state index in [-0.39, 0.29) is 11.9 Å². The molecule has 0 saturated carbocycles. The lowest BCUT2D eigenvalue weighted by atomic mass is 9.94. The average Bonchev–Trinajstić information content (AvgIpc) is 3.26. The highest BCUT2D eigenvalue weighted by molar-refractivity contribution is 5.93. The molecule has 0 aliphatic carbocycles. The van der Waals surface area contributed by atoms with Crippen molar-refractivity contribution in [1.82, 2.24) is 19.8 Å². The number of anilines is 1. The monoisotopic (exact) mass is 385 g/mol. The topological polar surface area (TPSA) is 88.5 Å². The molecule has 1 saturated heterocycles. The first kappa shape index (κ1) is 19.9. The van der Waals surface area contributed by atoms with Crippen molar-refractivity contribution in [2.24, 2.45) is 7.05 Å². The number of likely N-dealkylation sites (tertiary alicyclic amines) is 1. The van der Waals surface area contributed by atoms with Crippen LogP contribution in [0.1, 0.15) is 28.9 Å². The molecule has 8 nitrogen and oxygen atoms in total. The SMILES string of the molecule is COCCC1(NC(=O)Nc2cccc(C)c2)CCN(C(=O)c2cncn2C)C1. The zero-order valence-corrected chi connectivity index (χ0v) is 16.6. The molecule has 1 unspecified atom stereocenters. The van der Waals surface area contributed by atoms with Crippen LogP contribution in [0.5, 0.6) is 0 Å². The van der Waals surface area contributed by atoms with Crippen LogP contribution < -0.4 is 10.6 Å². The van der Waals surface area contributed by atoms with E-state index in [0.717, 1.165) is 11.3 Å². The molecular formula is C20H27N5O3. The summed E-state index contributed by atoms with van der Waals surface area (Å²) in [5.74, 6) is -0.0832. The number of aryl methyl sites for hydroxylation is 2. The Labute approximate surface area is 164 Å². The number of nitrogens with zero attached hydrogens (tertiary/aromatic N) is 3. The van der Waals surface area contributed by atoms with Gasteiger partial charge in [-0.1, -0.05) is 12.1 Å². The van der Waals surface area contributed by atoms with Crippen molar-refractivity contribution in [2.45, 2.75) is 25.3 Å². The van der Waals surface area contributed by atoms with Crippen molar-refractivity contribution < 1.29 is 14.3 Å². The fourth-order valence-corrected chi connectivity index (χ4v) is 3.56. The molecule has 0 spiro atoms.